The molecule has 1 heterocycles. The predicted molar refractivity (Wildman–Crippen MR) is 93.0 cm³/mol. The van der Waals surface area contributed by atoms with Gasteiger partial charge < -0.3 is 10.6 Å². The Bertz CT molecular complexity index is 753. The van der Waals surface area contributed by atoms with E-state index in [1.54, 1.807) is 18.2 Å². The lowest BCUT2D eigenvalue weighted by Crippen LogP contribution is -2.37. The second-order valence-electron chi connectivity index (χ2n) is 7.14. The zero-order valence-electron chi connectivity index (χ0n) is 14.2. The van der Waals surface area contributed by atoms with Crippen molar-refractivity contribution >= 4 is 33.2 Å². The summed E-state index contributed by atoms with van der Waals surface area (Å²) in [5, 5.41) is 5.45. The van der Waals surface area contributed by atoms with Crippen molar-refractivity contribution in [3.63, 3.8) is 0 Å². The van der Waals surface area contributed by atoms with Crippen molar-refractivity contribution in [1.82, 2.24) is 5.32 Å². The third kappa shape index (κ3) is 4.47. The van der Waals surface area contributed by atoms with E-state index in [0.29, 0.717) is 17.9 Å². The van der Waals surface area contributed by atoms with Crippen LogP contribution in [0, 0.1) is 17.3 Å². The zero-order chi connectivity index (χ0) is 18.1. The highest BCUT2D eigenvalue weighted by molar-refractivity contribution is 7.92. The van der Waals surface area contributed by atoms with Crippen molar-refractivity contribution in [2.75, 3.05) is 22.8 Å². The topological polar surface area (TPSA) is 104 Å². The van der Waals surface area contributed by atoms with Crippen LogP contribution in [0.5, 0.6) is 0 Å². The number of hydrogen-bond acceptors (Lipinski definition) is 4. The maximum atomic E-state index is 12.6. The van der Waals surface area contributed by atoms with Crippen LogP contribution in [0.15, 0.2) is 24.3 Å². The number of carbonyl (C=O) groups excluding carboxylic acids is 2. The Balaban J connectivity index is 2.17. The average Bonchev–Trinajstić information content (AvgIpc) is 2.79. The number of sulfonamides is 1. The maximum Gasteiger partial charge on any atom is 0.237 e. The number of benzene rings is 1. The molecule has 0 aliphatic carbocycles. The Kier molecular flexibility index (Phi) is 4.89. The highest BCUT2D eigenvalue weighted by Gasteiger charge is 2.45. The largest absolute Gasteiger partial charge is 0.355 e. The molecule has 1 aromatic rings. The molecule has 0 unspecified atom stereocenters. The van der Waals surface area contributed by atoms with Gasteiger partial charge in [0.25, 0.3) is 0 Å². The molecule has 8 heteroatoms. The average molecular weight is 353 g/mol. The first-order valence-corrected chi connectivity index (χ1v) is 9.53. The molecule has 0 radical (unpaired) electrons. The quantitative estimate of drug-likeness (QED) is 0.712. The van der Waals surface area contributed by atoms with Gasteiger partial charge in [0, 0.05) is 18.2 Å². The molecule has 2 atom stereocenters. The molecule has 2 amide bonds. The summed E-state index contributed by atoms with van der Waals surface area (Å²) in [6.07, 6.45) is 1.05. The van der Waals surface area contributed by atoms with Gasteiger partial charge in [-0.2, -0.15) is 0 Å². The lowest BCUT2D eigenvalue weighted by Gasteiger charge is -2.29. The molecular weight excluding hydrogens is 330 g/mol. The zero-order valence-corrected chi connectivity index (χ0v) is 15.0. The van der Waals surface area contributed by atoms with E-state index < -0.39 is 15.9 Å². The molecule has 24 heavy (non-hydrogen) atoms. The molecule has 1 aromatic carbocycles. The second-order valence-corrected chi connectivity index (χ2v) is 8.89. The molecule has 132 valence electrons. The molecule has 1 saturated heterocycles. The summed E-state index contributed by atoms with van der Waals surface area (Å²) in [5.74, 6) is -1.54. The molecule has 1 fully saturated rings. The molecule has 1 aliphatic rings. The Hall–Kier alpha value is -2.09. The van der Waals surface area contributed by atoms with Crippen molar-refractivity contribution in [3.05, 3.63) is 24.3 Å². The molecule has 0 saturated carbocycles. The van der Waals surface area contributed by atoms with Gasteiger partial charge in [-0.1, -0.05) is 26.8 Å². The van der Waals surface area contributed by atoms with E-state index in [9.17, 15) is 18.0 Å². The fourth-order valence-corrected chi connectivity index (χ4v) is 3.38. The monoisotopic (exact) mass is 353 g/mol. The smallest absolute Gasteiger partial charge is 0.237 e. The minimum atomic E-state index is -3.40. The molecule has 0 bridgehead atoms. The lowest BCUT2D eigenvalue weighted by molar-refractivity contribution is -0.132. The van der Waals surface area contributed by atoms with Crippen molar-refractivity contribution in [3.8, 4) is 0 Å². The van der Waals surface area contributed by atoms with E-state index in [4.69, 9.17) is 0 Å². The van der Waals surface area contributed by atoms with Gasteiger partial charge in [0.05, 0.1) is 11.9 Å². The molecule has 2 rings (SSSR count). The SMILES string of the molecule is CC(C)(C)[C@@H]1CNC(=O)[C@H]1C(=O)Nc1cccc(NS(C)(=O)=O)c1. The van der Waals surface area contributed by atoms with E-state index in [1.165, 1.54) is 6.07 Å². The van der Waals surface area contributed by atoms with Crippen molar-refractivity contribution in [2.24, 2.45) is 17.3 Å². The van der Waals surface area contributed by atoms with Gasteiger partial charge in [0.2, 0.25) is 21.8 Å². The highest BCUT2D eigenvalue weighted by atomic mass is 32.2. The van der Waals surface area contributed by atoms with E-state index in [2.05, 4.69) is 15.4 Å². The van der Waals surface area contributed by atoms with E-state index in [0.717, 1.165) is 6.26 Å². The van der Waals surface area contributed by atoms with Crippen LogP contribution in [0.2, 0.25) is 0 Å². The molecule has 3 N–H and O–H groups in total. The standard InChI is InChI=1S/C16H23N3O4S/c1-16(2,3)12-9-17-14(20)13(12)15(21)18-10-6-5-7-11(8-10)19-24(4,22)23/h5-8,12-13,19H,9H2,1-4H3,(H,17,20)(H,18,21)/t12-,13+/m1/s1. The lowest BCUT2D eigenvalue weighted by atomic mass is 9.74. The van der Waals surface area contributed by atoms with E-state index in [-0.39, 0.29) is 23.1 Å². The van der Waals surface area contributed by atoms with Gasteiger partial charge in [-0.15, -0.1) is 0 Å². The summed E-state index contributed by atoms with van der Waals surface area (Å²) < 4.78 is 24.9. The number of amides is 2. The predicted octanol–water partition coefficient (Wildman–Crippen LogP) is 1.40. The minimum Gasteiger partial charge on any atom is -0.355 e. The third-order valence-electron chi connectivity index (χ3n) is 4.01. The molecule has 1 aliphatic heterocycles. The van der Waals surface area contributed by atoms with Crippen LogP contribution in [0.1, 0.15) is 20.8 Å². The number of hydrogen-bond donors (Lipinski definition) is 3. The summed E-state index contributed by atoms with van der Waals surface area (Å²) in [6.45, 7) is 6.45. The summed E-state index contributed by atoms with van der Waals surface area (Å²) in [7, 11) is -3.40. The number of nitrogens with one attached hydrogen (secondary N) is 3. The Labute approximate surface area is 142 Å². The van der Waals surface area contributed by atoms with Gasteiger partial charge in [0.15, 0.2) is 0 Å². The Morgan fingerprint density at radius 1 is 1.25 bits per heavy atom. The van der Waals surface area contributed by atoms with Crippen LogP contribution in [-0.2, 0) is 19.6 Å². The van der Waals surface area contributed by atoms with E-state index >= 15 is 0 Å². The number of carbonyl (C=O) groups is 2. The van der Waals surface area contributed by atoms with Crippen LogP contribution >= 0.6 is 0 Å². The number of rotatable bonds is 4. The van der Waals surface area contributed by atoms with Crippen molar-refractivity contribution < 1.29 is 18.0 Å². The van der Waals surface area contributed by atoms with Gasteiger partial charge >= 0.3 is 0 Å². The van der Waals surface area contributed by atoms with Gasteiger partial charge in [-0.05, 0) is 23.6 Å². The second kappa shape index (κ2) is 6.43. The minimum absolute atomic E-state index is 0.109. The molecule has 0 spiro atoms. The fraction of sp³-hybridized carbons (Fsp3) is 0.500. The normalized spacial score (nSPS) is 21.2. The maximum absolute atomic E-state index is 12.6. The van der Waals surface area contributed by atoms with Crippen LogP contribution < -0.4 is 15.4 Å². The molecular formula is C16H23N3O4S. The fourth-order valence-electron chi connectivity index (χ4n) is 2.82. The van der Waals surface area contributed by atoms with Crippen LogP contribution in [-0.4, -0.2) is 33.0 Å². The summed E-state index contributed by atoms with van der Waals surface area (Å²) in [5.41, 5.74) is 0.584. The van der Waals surface area contributed by atoms with Gasteiger partial charge in [0.1, 0.15) is 5.92 Å². The Morgan fingerprint density at radius 2 is 1.88 bits per heavy atom. The first kappa shape index (κ1) is 18.3. The third-order valence-corrected chi connectivity index (χ3v) is 4.62. The molecule has 0 aromatic heterocycles. The summed E-state index contributed by atoms with van der Waals surface area (Å²) >= 11 is 0. The van der Waals surface area contributed by atoms with Crippen molar-refractivity contribution in [1.29, 1.82) is 0 Å². The van der Waals surface area contributed by atoms with Crippen LogP contribution in [0.25, 0.3) is 0 Å². The van der Waals surface area contributed by atoms with Gasteiger partial charge in [-0.3, -0.25) is 14.3 Å². The highest BCUT2D eigenvalue weighted by Crippen LogP contribution is 2.35. The van der Waals surface area contributed by atoms with Gasteiger partial charge in [-0.25, -0.2) is 8.42 Å². The summed E-state index contributed by atoms with van der Waals surface area (Å²) in [6, 6.07) is 6.36. The van der Waals surface area contributed by atoms with E-state index in [1.807, 2.05) is 20.8 Å². The van der Waals surface area contributed by atoms with Crippen molar-refractivity contribution in [2.45, 2.75) is 20.8 Å². The summed E-state index contributed by atoms with van der Waals surface area (Å²) in [4.78, 5) is 24.6. The Morgan fingerprint density at radius 3 is 2.46 bits per heavy atom. The first-order valence-electron chi connectivity index (χ1n) is 7.64. The number of anilines is 2. The van der Waals surface area contributed by atoms with Crippen LogP contribution in [0.4, 0.5) is 11.4 Å². The van der Waals surface area contributed by atoms with Crippen LogP contribution in [0.3, 0.4) is 0 Å². The first-order chi connectivity index (χ1) is 11.0. The molecule has 7 nitrogen and oxygen atoms in total.